The number of thiazole rings is 1. The molecule has 1 aliphatic rings. The SMILES string of the molecule is O=c1cc(-c2nc3ccccc3s2)oc2ccc(N3CCNCC3)cc12. The summed E-state index contributed by atoms with van der Waals surface area (Å²) >= 11 is 1.53. The number of nitrogens with one attached hydrogen (secondary N) is 1. The Balaban J connectivity index is 1.59. The zero-order chi connectivity index (χ0) is 17.5. The van der Waals surface area contributed by atoms with Crippen molar-refractivity contribution in [1.82, 2.24) is 10.3 Å². The van der Waals surface area contributed by atoms with Crippen LogP contribution in [0.4, 0.5) is 5.69 Å². The van der Waals surface area contributed by atoms with Crippen molar-refractivity contribution in [3.8, 4) is 10.8 Å². The first-order valence-electron chi connectivity index (χ1n) is 8.67. The number of anilines is 1. The van der Waals surface area contributed by atoms with E-state index >= 15 is 0 Å². The Morgan fingerprint density at radius 3 is 2.77 bits per heavy atom. The molecule has 0 aliphatic carbocycles. The molecule has 0 radical (unpaired) electrons. The second-order valence-corrected chi connectivity index (χ2v) is 7.41. The Labute approximate surface area is 153 Å². The van der Waals surface area contributed by atoms with Crippen molar-refractivity contribution in [1.29, 1.82) is 0 Å². The Bertz CT molecular complexity index is 1130. The van der Waals surface area contributed by atoms with Crippen LogP contribution in [0.5, 0.6) is 0 Å². The second-order valence-electron chi connectivity index (χ2n) is 6.38. The van der Waals surface area contributed by atoms with E-state index in [2.05, 4.69) is 15.2 Å². The number of hydrogen-bond acceptors (Lipinski definition) is 6. The summed E-state index contributed by atoms with van der Waals surface area (Å²) in [6, 6.07) is 15.3. The van der Waals surface area contributed by atoms with Gasteiger partial charge in [-0.25, -0.2) is 4.98 Å². The lowest BCUT2D eigenvalue weighted by atomic mass is 10.1. The van der Waals surface area contributed by atoms with Gasteiger partial charge in [0.15, 0.2) is 16.2 Å². The van der Waals surface area contributed by atoms with Crippen molar-refractivity contribution in [3.63, 3.8) is 0 Å². The van der Waals surface area contributed by atoms with E-state index in [1.807, 2.05) is 42.5 Å². The first-order valence-corrected chi connectivity index (χ1v) is 9.49. The van der Waals surface area contributed by atoms with Gasteiger partial charge in [0.25, 0.3) is 0 Å². The summed E-state index contributed by atoms with van der Waals surface area (Å²) in [7, 11) is 0. The van der Waals surface area contributed by atoms with Crippen molar-refractivity contribution in [2.75, 3.05) is 31.1 Å². The average Bonchev–Trinajstić information content (AvgIpc) is 3.13. The molecule has 3 heterocycles. The van der Waals surface area contributed by atoms with Crippen LogP contribution in [-0.4, -0.2) is 31.2 Å². The van der Waals surface area contributed by atoms with Gasteiger partial charge in [0.2, 0.25) is 0 Å². The van der Waals surface area contributed by atoms with E-state index < -0.39 is 0 Å². The molecule has 5 rings (SSSR count). The van der Waals surface area contributed by atoms with Gasteiger partial charge in [0.1, 0.15) is 5.58 Å². The average molecular weight is 363 g/mol. The minimum atomic E-state index is -0.0301. The minimum absolute atomic E-state index is 0.0301. The molecule has 2 aromatic carbocycles. The van der Waals surface area contributed by atoms with Crippen molar-refractivity contribution < 1.29 is 4.42 Å². The Morgan fingerprint density at radius 2 is 1.92 bits per heavy atom. The molecule has 5 nitrogen and oxygen atoms in total. The van der Waals surface area contributed by atoms with E-state index in [9.17, 15) is 4.79 Å². The maximum atomic E-state index is 12.7. The highest BCUT2D eigenvalue weighted by atomic mass is 32.1. The van der Waals surface area contributed by atoms with E-state index in [0.717, 1.165) is 47.1 Å². The van der Waals surface area contributed by atoms with E-state index in [-0.39, 0.29) is 5.43 Å². The van der Waals surface area contributed by atoms with Gasteiger partial charge in [-0.3, -0.25) is 4.79 Å². The van der Waals surface area contributed by atoms with Crippen LogP contribution in [-0.2, 0) is 0 Å². The van der Waals surface area contributed by atoms with Gasteiger partial charge >= 0.3 is 0 Å². The lowest BCUT2D eigenvalue weighted by molar-refractivity contribution is 0.589. The molecule has 0 unspecified atom stereocenters. The molecule has 26 heavy (non-hydrogen) atoms. The first-order chi connectivity index (χ1) is 12.8. The van der Waals surface area contributed by atoms with E-state index in [4.69, 9.17) is 4.42 Å². The van der Waals surface area contributed by atoms with Crippen LogP contribution >= 0.6 is 11.3 Å². The van der Waals surface area contributed by atoms with Gasteiger partial charge in [0, 0.05) is 37.9 Å². The van der Waals surface area contributed by atoms with Crippen molar-refractivity contribution in [2.45, 2.75) is 0 Å². The fourth-order valence-electron chi connectivity index (χ4n) is 3.35. The van der Waals surface area contributed by atoms with Gasteiger partial charge in [-0.15, -0.1) is 11.3 Å². The fraction of sp³-hybridized carbons (Fsp3) is 0.200. The first kappa shape index (κ1) is 15.5. The van der Waals surface area contributed by atoms with Crippen LogP contribution in [0.2, 0.25) is 0 Å². The third-order valence-electron chi connectivity index (χ3n) is 4.70. The predicted octanol–water partition coefficient (Wildman–Crippen LogP) is 3.48. The van der Waals surface area contributed by atoms with Crippen LogP contribution in [0.15, 0.2) is 57.7 Å². The lowest BCUT2D eigenvalue weighted by Gasteiger charge is -2.29. The standard InChI is InChI=1S/C20H17N3O2S/c24-16-12-18(20-22-15-3-1-2-4-19(15)26-20)25-17-6-5-13(11-14(16)17)23-9-7-21-8-10-23/h1-6,11-12,21H,7-10H2. The van der Waals surface area contributed by atoms with Crippen molar-refractivity contribution in [3.05, 3.63) is 58.8 Å². The third-order valence-corrected chi connectivity index (χ3v) is 5.75. The maximum Gasteiger partial charge on any atom is 0.193 e. The normalized spacial score (nSPS) is 15.0. The number of fused-ring (bicyclic) bond motifs is 2. The molecular weight excluding hydrogens is 346 g/mol. The highest BCUT2D eigenvalue weighted by Crippen LogP contribution is 2.31. The highest BCUT2D eigenvalue weighted by Gasteiger charge is 2.15. The summed E-state index contributed by atoms with van der Waals surface area (Å²) < 4.78 is 7.10. The molecule has 1 fully saturated rings. The number of aromatic nitrogens is 1. The molecule has 0 amide bonds. The summed E-state index contributed by atoms with van der Waals surface area (Å²) in [5.41, 5.74) is 2.56. The number of hydrogen-bond donors (Lipinski definition) is 1. The summed E-state index contributed by atoms with van der Waals surface area (Å²) in [6.07, 6.45) is 0. The number of benzene rings is 2. The number of para-hydroxylation sites is 1. The van der Waals surface area contributed by atoms with E-state index in [0.29, 0.717) is 16.7 Å². The molecule has 2 aromatic heterocycles. The molecule has 1 aliphatic heterocycles. The number of rotatable bonds is 2. The summed E-state index contributed by atoms with van der Waals surface area (Å²) in [6.45, 7) is 3.81. The molecule has 0 bridgehead atoms. The predicted molar refractivity (Wildman–Crippen MR) is 106 cm³/mol. The Hall–Kier alpha value is -2.70. The molecule has 0 spiro atoms. The monoisotopic (exact) mass is 363 g/mol. The lowest BCUT2D eigenvalue weighted by Crippen LogP contribution is -2.43. The van der Waals surface area contributed by atoms with Crippen molar-refractivity contribution in [2.24, 2.45) is 0 Å². The molecule has 6 heteroatoms. The van der Waals surface area contributed by atoms with Gasteiger partial charge in [-0.2, -0.15) is 0 Å². The van der Waals surface area contributed by atoms with Crippen LogP contribution in [0.25, 0.3) is 32.0 Å². The largest absolute Gasteiger partial charge is 0.453 e. The van der Waals surface area contributed by atoms with E-state index in [1.54, 1.807) is 6.07 Å². The van der Waals surface area contributed by atoms with Gasteiger partial charge in [-0.05, 0) is 30.3 Å². The van der Waals surface area contributed by atoms with Crippen LogP contribution in [0, 0.1) is 0 Å². The van der Waals surface area contributed by atoms with Gasteiger partial charge < -0.3 is 14.6 Å². The highest BCUT2D eigenvalue weighted by molar-refractivity contribution is 7.21. The fourth-order valence-corrected chi connectivity index (χ4v) is 4.27. The smallest absolute Gasteiger partial charge is 0.193 e. The second kappa shape index (κ2) is 6.23. The Morgan fingerprint density at radius 1 is 1.08 bits per heavy atom. The van der Waals surface area contributed by atoms with Crippen molar-refractivity contribution >= 4 is 38.2 Å². The maximum absolute atomic E-state index is 12.7. The zero-order valence-corrected chi connectivity index (χ0v) is 14.9. The molecule has 1 N–H and O–H groups in total. The van der Waals surface area contributed by atoms with Crippen LogP contribution in [0.1, 0.15) is 0 Å². The number of piperazine rings is 1. The van der Waals surface area contributed by atoms with E-state index in [1.165, 1.54) is 11.3 Å². The molecule has 1 saturated heterocycles. The summed E-state index contributed by atoms with van der Waals surface area (Å²) in [5, 5.41) is 4.69. The Kier molecular flexibility index (Phi) is 3.72. The topological polar surface area (TPSA) is 58.4 Å². The summed E-state index contributed by atoms with van der Waals surface area (Å²) in [5.74, 6) is 0.527. The molecule has 4 aromatic rings. The third kappa shape index (κ3) is 2.67. The summed E-state index contributed by atoms with van der Waals surface area (Å²) in [4.78, 5) is 19.6. The van der Waals surface area contributed by atoms with Gasteiger partial charge in [-0.1, -0.05) is 12.1 Å². The minimum Gasteiger partial charge on any atom is -0.453 e. The molecule has 130 valence electrons. The zero-order valence-electron chi connectivity index (χ0n) is 14.1. The van der Waals surface area contributed by atoms with Gasteiger partial charge in [0.05, 0.1) is 15.6 Å². The molecule has 0 atom stereocenters. The van der Waals surface area contributed by atoms with Crippen LogP contribution < -0.4 is 15.6 Å². The molecule has 0 saturated carbocycles. The molecular formula is C20H17N3O2S. The number of nitrogens with zero attached hydrogens (tertiary/aromatic N) is 2. The van der Waals surface area contributed by atoms with Crippen LogP contribution in [0.3, 0.4) is 0 Å². The quantitative estimate of drug-likeness (QED) is 0.591.